The van der Waals surface area contributed by atoms with Crippen LogP contribution in [0.15, 0.2) is 133 Å². The van der Waals surface area contributed by atoms with Crippen LogP contribution in [0.3, 0.4) is 0 Å². The number of rotatable bonds is 5. The third-order valence-electron chi connectivity index (χ3n) is 12.6. The average molecular weight is 693 g/mol. The van der Waals surface area contributed by atoms with Gasteiger partial charge in [0.2, 0.25) is 0 Å². The smallest absolute Gasteiger partial charge is 0.145 e. The van der Waals surface area contributed by atoms with Crippen molar-refractivity contribution in [2.24, 2.45) is 0 Å². The van der Waals surface area contributed by atoms with Gasteiger partial charge in [0.1, 0.15) is 68.6 Å². The molecule has 0 amide bonds. The Balaban J connectivity index is 1.38. The van der Waals surface area contributed by atoms with E-state index in [4.69, 9.17) is 4.98 Å². The Morgan fingerprint density at radius 2 is 0.782 bits per heavy atom. The number of imidazole rings is 1. The largest absolute Gasteiger partial charge is 0.292 e. The van der Waals surface area contributed by atoms with Crippen molar-refractivity contribution in [1.82, 2.24) is 9.55 Å². The predicted molar refractivity (Wildman–Crippen MR) is 263 cm³/mol. The zero-order valence-corrected chi connectivity index (χ0v) is 33.1. The van der Waals surface area contributed by atoms with Crippen molar-refractivity contribution in [3.8, 4) is 50.5 Å². The van der Waals surface area contributed by atoms with Crippen LogP contribution in [0, 0.1) is 0 Å². The van der Waals surface area contributed by atoms with Crippen molar-refractivity contribution < 1.29 is 0 Å². The van der Waals surface area contributed by atoms with Crippen molar-refractivity contribution in [1.29, 1.82) is 0 Å². The van der Waals surface area contributed by atoms with Gasteiger partial charge in [-0.05, 0) is 85.3 Å². The molecule has 2 nitrogen and oxygen atoms in total. The highest BCUT2D eigenvalue weighted by Crippen LogP contribution is 2.42. The van der Waals surface area contributed by atoms with Gasteiger partial charge in [-0.25, -0.2) is 4.98 Å². The fourth-order valence-electron chi connectivity index (χ4n) is 9.03. The van der Waals surface area contributed by atoms with Gasteiger partial charge in [0.25, 0.3) is 0 Å². The maximum absolute atomic E-state index is 5.13. The number of benzene rings is 8. The molecular weight excluding hydrogens is 655 g/mol. The van der Waals surface area contributed by atoms with E-state index in [2.05, 4.69) is 201 Å². The van der Waals surface area contributed by atoms with Crippen LogP contribution in [-0.4, -0.2) is 72.3 Å². The second kappa shape index (κ2) is 13.5. The van der Waals surface area contributed by atoms with Crippen LogP contribution in [0.4, 0.5) is 0 Å². The maximum Gasteiger partial charge on any atom is 0.145 e. The van der Waals surface area contributed by atoms with Gasteiger partial charge in [-0.3, -0.25) is 4.57 Å². The van der Waals surface area contributed by atoms with E-state index < -0.39 is 0 Å². The van der Waals surface area contributed by atoms with Crippen molar-refractivity contribution in [3.05, 3.63) is 133 Å². The summed E-state index contributed by atoms with van der Waals surface area (Å²) in [5, 5.41) is 5.42. The molecule has 0 aliphatic carbocycles. The molecular formula is C45H38B8N2. The first-order chi connectivity index (χ1) is 26.7. The van der Waals surface area contributed by atoms with Gasteiger partial charge in [-0.15, -0.1) is 21.9 Å². The maximum atomic E-state index is 5.13. The molecule has 55 heavy (non-hydrogen) atoms. The van der Waals surface area contributed by atoms with Gasteiger partial charge in [-0.2, -0.15) is 0 Å². The normalized spacial score (nSPS) is 11.5. The fourth-order valence-corrected chi connectivity index (χ4v) is 9.03. The molecule has 0 radical (unpaired) electrons. The number of hydrogen-bond acceptors (Lipinski definition) is 1. The first-order valence-corrected chi connectivity index (χ1v) is 19.4. The molecule has 0 bridgehead atoms. The van der Waals surface area contributed by atoms with Crippen LogP contribution in [0.5, 0.6) is 0 Å². The van der Waals surface area contributed by atoms with Crippen LogP contribution in [0.1, 0.15) is 0 Å². The summed E-state index contributed by atoms with van der Waals surface area (Å²) in [6.45, 7) is 0. The van der Waals surface area contributed by atoms with E-state index in [1.54, 1.807) is 0 Å². The third-order valence-corrected chi connectivity index (χ3v) is 12.6. The molecule has 0 saturated carbocycles. The minimum atomic E-state index is 0.947. The monoisotopic (exact) mass is 694 g/mol. The summed E-state index contributed by atoms with van der Waals surface area (Å²) in [7, 11) is 18.6. The molecule has 9 rings (SSSR count). The van der Waals surface area contributed by atoms with E-state index >= 15 is 0 Å². The molecule has 9 aromatic rings. The van der Waals surface area contributed by atoms with E-state index in [0.29, 0.717) is 0 Å². The molecule has 0 spiro atoms. The Morgan fingerprint density at radius 3 is 1.33 bits per heavy atom. The molecule has 0 fully saturated rings. The Labute approximate surface area is 331 Å². The van der Waals surface area contributed by atoms with E-state index in [1.807, 2.05) is 0 Å². The number of nitrogens with zero attached hydrogens (tertiary/aromatic N) is 2. The molecule has 0 N–H and O–H groups in total. The molecule has 0 aliphatic heterocycles. The summed E-state index contributed by atoms with van der Waals surface area (Å²) >= 11 is 0. The van der Waals surface area contributed by atoms with Crippen LogP contribution >= 0.6 is 0 Å². The second-order valence-electron chi connectivity index (χ2n) is 15.4. The number of para-hydroxylation sites is 2. The van der Waals surface area contributed by atoms with Crippen molar-refractivity contribution in [2.45, 2.75) is 0 Å². The average Bonchev–Trinajstić information content (AvgIpc) is 3.63. The molecule has 0 saturated heterocycles. The van der Waals surface area contributed by atoms with Gasteiger partial charge >= 0.3 is 0 Å². The summed E-state index contributed by atoms with van der Waals surface area (Å²) in [5.74, 6) is 0.947. The summed E-state index contributed by atoms with van der Waals surface area (Å²) in [6.07, 6.45) is 0. The molecule has 0 unspecified atom stereocenters. The van der Waals surface area contributed by atoms with Crippen molar-refractivity contribution in [3.63, 3.8) is 0 Å². The van der Waals surface area contributed by atoms with E-state index in [9.17, 15) is 0 Å². The molecule has 1 heterocycles. The lowest BCUT2D eigenvalue weighted by atomic mass is 9.59. The summed E-state index contributed by atoms with van der Waals surface area (Å²) in [5.41, 5.74) is 22.8. The van der Waals surface area contributed by atoms with E-state index in [-0.39, 0.29) is 0 Å². The summed E-state index contributed by atoms with van der Waals surface area (Å²) < 4.78 is 2.30. The van der Waals surface area contributed by atoms with Gasteiger partial charge < -0.3 is 0 Å². The van der Waals surface area contributed by atoms with Gasteiger partial charge in [0.05, 0.1) is 11.0 Å². The Kier molecular flexibility index (Phi) is 8.61. The zero-order chi connectivity index (χ0) is 38.1. The van der Waals surface area contributed by atoms with Crippen molar-refractivity contribution in [2.75, 3.05) is 0 Å². The SMILES string of the molecule is Bc1c(B)c(B)c2c(-c3cccc(-c4ccccc4)c3)c3c(B)c(B)c(B)c(B)c3c(-c3ccc(-n4c(-c5ccccc5)nc5ccccc54)cc3)c2c1B. The standard InChI is InChI=1S/C45H38B8N2/c46-37-33-31(24-18-20-28(21-19-24)55-30-17-8-7-16-29(30)54-45(55)25-12-5-2-6-13-25)34-36(40(49)44(53)42(51)38(34)47)32(35(33)39(48)43(52)41(37)50)27-15-9-14-26(22-27)23-10-3-1-4-11-23/h1-22H,46-53H2. The molecule has 8 aromatic carbocycles. The van der Waals surface area contributed by atoms with E-state index in [0.717, 1.165) is 28.1 Å². The highest BCUT2D eigenvalue weighted by molar-refractivity contribution is 6.71. The van der Waals surface area contributed by atoms with Gasteiger partial charge in [0.15, 0.2) is 0 Å². The third kappa shape index (κ3) is 5.48. The first kappa shape index (κ1) is 35.0. The Bertz CT molecular complexity index is 2920. The molecule has 1 aromatic heterocycles. The van der Waals surface area contributed by atoms with Gasteiger partial charge in [0, 0.05) is 11.3 Å². The zero-order valence-electron chi connectivity index (χ0n) is 33.1. The highest BCUT2D eigenvalue weighted by Gasteiger charge is 2.25. The number of hydrogen-bond donors (Lipinski definition) is 0. The lowest BCUT2D eigenvalue weighted by Crippen LogP contribution is -2.50. The van der Waals surface area contributed by atoms with Crippen LogP contribution < -0.4 is 43.7 Å². The topological polar surface area (TPSA) is 17.8 Å². The molecule has 0 atom stereocenters. The summed E-state index contributed by atoms with van der Waals surface area (Å²) in [4.78, 5) is 5.13. The van der Waals surface area contributed by atoms with Crippen LogP contribution in [0.25, 0.3) is 83.0 Å². The predicted octanol–water partition coefficient (Wildman–Crippen LogP) is -1.93. The molecule has 0 aliphatic rings. The minimum Gasteiger partial charge on any atom is -0.292 e. The van der Waals surface area contributed by atoms with E-state index in [1.165, 1.54) is 98.6 Å². The van der Waals surface area contributed by atoms with Crippen LogP contribution in [-0.2, 0) is 0 Å². The second-order valence-corrected chi connectivity index (χ2v) is 15.4. The Morgan fingerprint density at radius 1 is 0.345 bits per heavy atom. The lowest BCUT2D eigenvalue weighted by molar-refractivity contribution is 1.10. The highest BCUT2D eigenvalue weighted by atomic mass is 15.1. The number of aromatic nitrogens is 2. The Hall–Kier alpha value is -5.73. The summed E-state index contributed by atoms with van der Waals surface area (Å²) in [6, 6.07) is 48.2. The lowest BCUT2D eigenvalue weighted by Gasteiger charge is -2.28. The quantitative estimate of drug-likeness (QED) is 0.152. The van der Waals surface area contributed by atoms with Crippen molar-refractivity contribution >= 4 is 139 Å². The minimum absolute atomic E-state index is 0.947. The van der Waals surface area contributed by atoms with Crippen LogP contribution in [0.2, 0.25) is 0 Å². The fraction of sp³-hybridized carbons (Fsp3) is 0. The van der Waals surface area contributed by atoms with Gasteiger partial charge in [-0.1, -0.05) is 125 Å². The molecule has 252 valence electrons. The number of fused-ring (bicyclic) bond motifs is 3. The molecule has 10 heteroatoms. The first-order valence-electron chi connectivity index (χ1n) is 19.4.